The molecule has 1 aromatic heterocycles. The summed E-state index contributed by atoms with van der Waals surface area (Å²) in [5, 5.41) is 12.9. The standard InChI is InChI=1S/C8H12N6O3/c1-5(15)9-2-3-10-6(16)7(17)13-8-11-4-12-14-8/h4H,2-3H2,1H3,(H,9,15)(H,10,16)(H2,11,12,13,14,17). The van der Waals surface area contributed by atoms with E-state index < -0.39 is 11.8 Å². The van der Waals surface area contributed by atoms with Gasteiger partial charge in [0.1, 0.15) is 6.33 Å². The number of hydrogen-bond donors (Lipinski definition) is 4. The summed E-state index contributed by atoms with van der Waals surface area (Å²) in [6.45, 7) is 1.79. The van der Waals surface area contributed by atoms with Gasteiger partial charge in [-0.15, -0.1) is 0 Å². The molecule has 17 heavy (non-hydrogen) atoms. The molecule has 4 N–H and O–H groups in total. The Bertz CT molecular complexity index is 401. The van der Waals surface area contributed by atoms with Gasteiger partial charge in [-0.2, -0.15) is 10.1 Å². The minimum atomic E-state index is -0.857. The van der Waals surface area contributed by atoms with Gasteiger partial charge in [-0.1, -0.05) is 0 Å². The van der Waals surface area contributed by atoms with Crippen molar-refractivity contribution in [1.29, 1.82) is 0 Å². The Kier molecular flexibility index (Phi) is 4.60. The first kappa shape index (κ1) is 12.6. The number of nitrogens with zero attached hydrogens (tertiary/aromatic N) is 2. The molecule has 0 fully saturated rings. The van der Waals surface area contributed by atoms with Crippen LogP contribution in [0.5, 0.6) is 0 Å². The lowest BCUT2D eigenvalue weighted by Crippen LogP contribution is -2.39. The molecule has 0 atom stereocenters. The molecule has 0 aliphatic carbocycles. The Morgan fingerprint density at radius 2 is 1.94 bits per heavy atom. The minimum absolute atomic E-state index is 0.0898. The molecular formula is C8H12N6O3. The predicted molar refractivity (Wildman–Crippen MR) is 56.7 cm³/mol. The molecule has 9 heteroatoms. The van der Waals surface area contributed by atoms with Gasteiger partial charge in [0.25, 0.3) is 0 Å². The molecule has 9 nitrogen and oxygen atoms in total. The highest BCUT2D eigenvalue weighted by Gasteiger charge is 2.13. The van der Waals surface area contributed by atoms with Crippen LogP contribution in [0.3, 0.4) is 0 Å². The second kappa shape index (κ2) is 6.20. The summed E-state index contributed by atoms with van der Waals surface area (Å²) in [6, 6.07) is 0. The molecule has 1 aromatic rings. The van der Waals surface area contributed by atoms with E-state index in [0.717, 1.165) is 0 Å². The molecule has 0 unspecified atom stereocenters. The van der Waals surface area contributed by atoms with Gasteiger partial charge in [0.2, 0.25) is 11.9 Å². The van der Waals surface area contributed by atoms with Crippen LogP contribution in [0.15, 0.2) is 6.33 Å². The zero-order valence-electron chi connectivity index (χ0n) is 9.11. The number of anilines is 1. The summed E-state index contributed by atoms with van der Waals surface area (Å²) in [5.74, 6) is -1.78. The highest BCUT2D eigenvalue weighted by molar-refractivity contribution is 6.39. The van der Waals surface area contributed by atoms with Crippen molar-refractivity contribution in [2.24, 2.45) is 0 Å². The van der Waals surface area contributed by atoms with Gasteiger partial charge in [-0.05, 0) is 0 Å². The van der Waals surface area contributed by atoms with Crippen LogP contribution in [0.2, 0.25) is 0 Å². The summed E-state index contributed by atoms with van der Waals surface area (Å²) in [4.78, 5) is 36.6. The molecule has 0 saturated carbocycles. The fourth-order valence-electron chi connectivity index (χ4n) is 0.925. The van der Waals surface area contributed by atoms with Crippen LogP contribution < -0.4 is 16.0 Å². The molecule has 0 aliphatic heterocycles. The lowest BCUT2D eigenvalue weighted by atomic mass is 10.5. The van der Waals surface area contributed by atoms with Crippen molar-refractivity contribution < 1.29 is 14.4 Å². The minimum Gasteiger partial charge on any atom is -0.355 e. The maximum absolute atomic E-state index is 11.2. The number of hydrogen-bond acceptors (Lipinski definition) is 5. The number of carbonyl (C=O) groups is 3. The molecule has 3 amide bonds. The number of H-pyrrole nitrogens is 1. The lowest BCUT2D eigenvalue weighted by molar-refractivity contribution is -0.136. The first-order valence-corrected chi connectivity index (χ1v) is 4.78. The van der Waals surface area contributed by atoms with Crippen molar-refractivity contribution in [2.45, 2.75) is 6.92 Å². The summed E-state index contributed by atoms with van der Waals surface area (Å²) in [5.41, 5.74) is 0. The number of aromatic amines is 1. The van der Waals surface area contributed by atoms with Crippen LogP contribution in [0.4, 0.5) is 5.95 Å². The number of amides is 3. The smallest absolute Gasteiger partial charge is 0.316 e. The highest BCUT2D eigenvalue weighted by Crippen LogP contribution is 1.91. The highest BCUT2D eigenvalue weighted by atomic mass is 16.2. The van der Waals surface area contributed by atoms with Crippen LogP contribution in [-0.4, -0.2) is 46.0 Å². The topological polar surface area (TPSA) is 129 Å². The van der Waals surface area contributed by atoms with E-state index in [9.17, 15) is 14.4 Å². The zero-order chi connectivity index (χ0) is 12.7. The number of carbonyl (C=O) groups excluding carboxylic acids is 3. The van der Waals surface area contributed by atoms with Crippen molar-refractivity contribution >= 4 is 23.7 Å². The summed E-state index contributed by atoms with van der Waals surface area (Å²) in [6.07, 6.45) is 1.20. The average molecular weight is 240 g/mol. The van der Waals surface area contributed by atoms with Crippen LogP contribution in [0.1, 0.15) is 6.92 Å². The Labute approximate surface area is 96.4 Å². The van der Waals surface area contributed by atoms with E-state index in [4.69, 9.17) is 0 Å². The van der Waals surface area contributed by atoms with Gasteiger partial charge in [0, 0.05) is 20.0 Å². The second-order valence-electron chi connectivity index (χ2n) is 3.03. The molecule has 0 saturated heterocycles. The maximum Gasteiger partial charge on any atom is 0.316 e. The lowest BCUT2D eigenvalue weighted by Gasteiger charge is -2.04. The van der Waals surface area contributed by atoms with Crippen LogP contribution in [0, 0.1) is 0 Å². The largest absolute Gasteiger partial charge is 0.355 e. The maximum atomic E-state index is 11.2. The number of nitrogens with one attached hydrogen (secondary N) is 4. The van der Waals surface area contributed by atoms with Gasteiger partial charge in [-0.25, -0.2) is 5.10 Å². The van der Waals surface area contributed by atoms with Crippen LogP contribution >= 0.6 is 0 Å². The molecule has 0 aromatic carbocycles. The molecule has 0 bridgehead atoms. The number of aromatic nitrogens is 3. The van der Waals surface area contributed by atoms with Crippen molar-refractivity contribution in [3.8, 4) is 0 Å². The van der Waals surface area contributed by atoms with Crippen molar-refractivity contribution in [1.82, 2.24) is 25.8 Å². The van der Waals surface area contributed by atoms with Gasteiger partial charge in [0.05, 0.1) is 0 Å². The van der Waals surface area contributed by atoms with E-state index in [-0.39, 0.29) is 24.9 Å². The third-order valence-electron chi connectivity index (χ3n) is 1.64. The molecule has 1 heterocycles. The zero-order valence-corrected chi connectivity index (χ0v) is 9.11. The molecule has 92 valence electrons. The van der Waals surface area contributed by atoms with Crippen molar-refractivity contribution in [3.63, 3.8) is 0 Å². The van der Waals surface area contributed by atoms with E-state index in [1.807, 2.05) is 0 Å². The molecule has 0 spiro atoms. The van der Waals surface area contributed by atoms with E-state index in [0.29, 0.717) is 0 Å². The van der Waals surface area contributed by atoms with Crippen LogP contribution in [-0.2, 0) is 14.4 Å². The van der Waals surface area contributed by atoms with Crippen molar-refractivity contribution in [2.75, 3.05) is 18.4 Å². The Balaban J connectivity index is 2.23. The quantitative estimate of drug-likeness (QED) is 0.357. The molecular weight excluding hydrogens is 228 g/mol. The summed E-state index contributed by atoms with van der Waals surface area (Å²) >= 11 is 0. The summed E-state index contributed by atoms with van der Waals surface area (Å²) < 4.78 is 0. The fourth-order valence-corrected chi connectivity index (χ4v) is 0.925. The van der Waals surface area contributed by atoms with E-state index >= 15 is 0 Å². The van der Waals surface area contributed by atoms with Gasteiger partial charge >= 0.3 is 11.8 Å². The third-order valence-corrected chi connectivity index (χ3v) is 1.64. The molecule has 0 aliphatic rings. The third kappa shape index (κ3) is 4.73. The summed E-state index contributed by atoms with van der Waals surface area (Å²) in [7, 11) is 0. The predicted octanol–water partition coefficient (Wildman–Crippen LogP) is -2.00. The van der Waals surface area contributed by atoms with E-state index in [1.54, 1.807) is 0 Å². The number of rotatable bonds is 4. The first-order valence-electron chi connectivity index (χ1n) is 4.78. The normalized spacial score (nSPS) is 9.47. The monoisotopic (exact) mass is 240 g/mol. The van der Waals surface area contributed by atoms with Gasteiger partial charge in [0.15, 0.2) is 0 Å². The molecule has 1 rings (SSSR count). The Morgan fingerprint density at radius 1 is 1.24 bits per heavy atom. The fraction of sp³-hybridized carbons (Fsp3) is 0.375. The van der Waals surface area contributed by atoms with E-state index in [1.165, 1.54) is 13.3 Å². The Hall–Kier alpha value is -2.45. The van der Waals surface area contributed by atoms with Crippen molar-refractivity contribution in [3.05, 3.63) is 6.33 Å². The first-order chi connectivity index (χ1) is 8.09. The second-order valence-corrected chi connectivity index (χ2v) is 3.03. The van der Waals surface area contributed by atoms with Crippen LogP contribution in [0.25, 0.3) is 0 Å². The average Bonchev–Trinajstić information content (AvgIpc) is 2.76. The van der Waals surface area contributed by atoms with Gasteiger partial charge < -0.3 is 10.6 Å². The Morgan fingerprint density at radius 3 is 2.53 bits per heavy atom. The van der Waals surface area contributed by atoms with E-state index in [2.05, 4.69) is 31.1 Å². The molecule has 0 radical (unpaired) electrons. The van der Waals surface area contributed by atoms with Gasteiger partial charge in [-0.3, -0.25) is 19.7 Å². The SMILES string of the molecule is CC(=O)NCCNC(=O)C(=O)Nc1ncn[nH]1.